The number of aromatic nitrogens is 3. The van der Waals surface area contributed by atoms with E-state index in [0.717, 1.165) is 57.7 Å². The van der Waals surface area contributed by atoms with Gasteiger partial charge in [0.25, 0.3) is 5.91 Å². The highest BCUT2D eigenvalue weighted by molar-refractivity contribution is 7.99. The van der Waals surface area contributed by atoms with E-state index in [1.165, 1.54) is 11.8 Å². The van der Waals surface area contributed by atoms with E-state index >= 15 is 4.39 Å². The number of amides is 1. The van der Waals surface area contributed by atoms with Crippen LogP contribution in [0.15, 0.2) is 40.5 Å². The van der Waals surface area contributed by atoms with Gasteiger partial charge in [0.15, 0.2) is 5.82 Å². The first kappa shape index (κ1) is 31.4. The summed E-state index contributed by atoms with van der Waals surface area (Å²) < 4.78 is 22.0. The predicted octanol–water partition coefficient (Wildman–Crippen LogP) is 3.85. The molecular formula is C32H39ClFN9O2S. The second-order valence-corrected chi connectivity index (χ2v) is 14.2. The second-order valence-electron chi connectivity index (χ2n) is 12.8. The molecule has 0 aliphatic carbocycles. The summed E-state index contributed by atoms with van der Waals surface area (Å²) in [6, 6.07) is 5.50. The Morgan fingerprint density at radius 2 is 2.04 bits per heavy atom. The lowest BCUT2D eigenvalue weighted by Gasteiger charge is -2.43. The minimum absolute atomic E-state index is 0.0132. The van der Waals surface area contributed by atoms with Crippen LogP contribution in [-0.4, -0.2) is 76.7 Å². The zero-order valence-corrected chi connectivity index (χ0v) is 27.3. The number of carbonyl (C=O) groups is 1. The number of carbonyl (C=O) groups excluding carboxylic acids is 1. The Bertz CT molecular complexity index is 1630. The maximum absolute atomic E-state index is 15.8. The van der Waals surface area contributed by atoms with Crippen molar-refractivity contribution in [2.75, 3.05) is 49.2 Å². The van der Waals surface area contributed by atoms with Crippen LogP contribution < -0.4 is 27.0 Å². The number of anilines is 3. The third-order valence-corrected chi connectivity index (χ3v) is 11.6. The minimum Gasteiger partial charge on any atom is -0.382 e. The molecule has 3 fully saturated rings. The lowest BCUT2D eigenvalue weighted by molar-refractivity contribution is 0.0674. The molecule has 1 amide bonds. The summed E-state index contributed by atoms with van der Waals surface area (Å²) in [6.45, 7) is 6.69. The molecule has 244 valence electrons. The van der Waals surface area contributed by atoms with Gasteiger partial charge in [0.1, 0.15) is 22.5 Å². The molecule has 3 atom stereocenters. The van der Waals surface area contributed by atoms with E-state index in [-0.39, 0.29) is 41.1 Å². The van der Waals surface area contributed by atoms with E-state index in [1.807, 2.05) is 4.90 Å². The van der Waals surface area contributed by atoms with Gasteiger partial charge in [-0.1, -0.05) is 29.4 Å². The molecule has 6 N–H and O–H groups in total. The number of piperidine rings is 2. The van der Waals surface area contributed by atoms with Crippen molar-refractivity contribution in [3.05, 3.63) is 58.1 Å². The average molecular weight is 668 g/mol. The molecule has 0 bridgehead atoms. The van der Waals surface area contributed by atoms with Crippen LogP contribution in [0.25, 0.3) is 0 Å². The fourth-order valence-electron chi connectivity index (χ4n) is 7.41. The summed E-state index contributed by atoms with van der Waals surface area (Å²) >= 11 is 7.60. The summed E-state index contributed by atoms with van der Waals surface area (Å²) in [4.78, 5) is 31.1. The zero-order chi connectivity index (χ0) is 32.0. The van der Waals surface area contributed by atoms with Crippen LogP contribution >= 0.6 is 23.4 Å². The average Bonchev–Trinajstić information content (AvgIpc) is 3.56. The highest BCUT2D eigenvalue weighted by Crippen LogP contribution is 2.44. The first-order valence-corrected chi connectivity index (χ1v) is 17.1. The van der Waals surface area contributed by atoms with Crippen molar-refractivity contribution in [1.29, 1.82) is 0 Å². The molecule has 1 unspecified atom stereocenters. The molecular weight excluding hydrogens is 629 g/mol. The number of fused-ring (bicyclic) bond motifs is 1. The largest absolute Gasteiger partial charge is 0.382 e. The van der Waals surface area contributed by atoms with Gasteiger partial charge in [-0.25, -0.2) is 19.3 Å². The summed E-state index contributed by atoms with van der Waals surface area (Å²) in [6.07, 6.45) is 7.05. The molecule has 2 aromatic heterocycles. The number of halogens is 2. The van der Waals surface area contributed by atoms with Crippen molar-refractivity contribution in [1.82, 2.24) is 30.5 Å². The van der Waals surface area contributed by atoms with E-state index < -0.39 is 0 Å². The molecule has 14 heteroatoms. The van der Waals surface area contributed by atoms with E-state index in [0.29, 0.717) is 57.1 Å². The van der Waals surface area contributed by atoms with Gasteiger partial charge in [0.2, 0.25) is 0 Å². The highest BCUT2D eigenvalue weighted by atomic mass is 35.5. The Balaban J connectivity index is 0.993. The van der Waals surface area contributed by atoms with Crippen LogP contribution in [0.1, 0.15) is 54.1 Å². The van der Waals surface area contributed by atoms with Crippen molar-refractivity contribution in [3.8, 4) is 0 Å². The molecule has 1 spiro atoms. The minimum atomic E-state index is -0.271. The third-order valence-electron chi connectivity index (χ3n) is 10.1. The Morgan fingerprint density at radius 1 is 1.22 bits per heavy atom. The summed E-state index contributed by atoms with van der Waals surface area (Å²) in [5.41, 5.74) is 13.7. The van der Waals surface area contributed by atoms with E-state index in [9.17, 15) is 4.79 Å². The fourth-order valence-corrected chi connectivity index (χ4v) is 8.43. The van der Waals surface area contributed by atoms with Crippen LogP contribution in [0.4, 0.5) is 21.8 Å². The number of hydrogen-bond acceptors (Lipinski definition) is 11. The van der Waals surface area contributed by atoms with Crippen molar-refractivity contribution in [2.24, 2.45) is 5.41 Å². The van der Waals surface area contributed by atoms with Crippen molar-refractivity contribution in [2.45, 2.75) is 73.8 Å². The number of benzene rings is 1. The summed E-state index contributed by atoms with van der Waals surface area (Å²) in [7, 11) is 0. The Hall–Kier alpha value is -3.23. The number of nitrogens with one attached hydrogen (secondary N) is 2. The number of nitrogens with zero attached hydrogens (tertiary/aromatic N) is 5. The lowest BCUT2D eigenvalue weighted by Crippen LogP contribution is -2.52. The van der Waals surface area contributed by atoms with Crippen LogP contribution in [0, 0.1) is 11.2 Å². The first-order valence-electron chi connectivity index (χ1n) is 15.9. The highest BCUT2D eigenvalue weighted by Gasteiger charge is 2.49. The standard InChI is InChI=1S/C32H39ClFN9O2S/c1-18-27(39-13-19-4-5-21-22(26(19)34)16-43(31(21)44)20-3-2-9-37-14-20)32(17-45-18)7-11-42(12-8-32)24-15-40-30(29(36)41-24)46-23-6-10-38-28(35)25(23)33/h4-6,10,15,18,20,27,37,39H,2-3,7-9,11-14,16-17H2,1H3,(H2,35,38)(H2,36,41)/t18-,20?,27+/m0/s1. The van der Waals surface area contributed by atoms with E-state index in [2.05, 4.69) is 37.4 Å². The maximum Gasteiger partial charge on any atom is 0.254 e. The zero-order valence-electron chi connectivity index (χ0n) is 25.8. The number of hydrogen-bond donors (Lipinski definition) is 4. The van der Waals surface area contributed by atoms with Crippen molar-refractivity contribution < 1.29 is 13.9 Å². The van der Waals surface area contributed by atoms with E-state index in [1.54, 1.807) is 30.6 Å². The van der Waals surface area contributed by atoms with Gasteiger partial charge in [-0.15, -0.1) is 0 Å². The van der Waals surface area contributed by atoms with Crippen LogP contribution in [-0.2, 0) is 17.8 Å². The van der Waals surface area contributed by atoms with Gasteiger partial charge in [-0.3, -0.25) is 4.79 Å². The Kier molecular flexibility index (Phi) is 8.70. The normalized spacial score (nSPS) is 24.2. The van der Waals surface area contributed by atoms with Crippen molar-refractivity contribution in [3.63, 3.8) is 0 Å². The number of nitrogen functional groups attached to an aromatic ring is 2. The molecule has 3 aromatic rings. The third kappa shape index (κ3) is 5.76. The summed E-state index contributed by atoms with van der Waals surface area (Å²) in [5, 5.41) is 7.94. The topological polar surface area (TPSA) is 148 Å². The predicted molar refractivity (Wildman–Crippen MR) is 176 cm³/mol. The van der Waals surface area contributed by atoms with Crippen LogP contribution in [0.5, 0.6) is 0 Å². The number of ether oxygens (including phenoxy) is 1. The fraction of sp³-hybridized carbons (Fsp3) is 0.500. The van der Waals surface area contributed by atoms with Gasteiger partial charge in [-0.05, 0) is 51.3 Å². The molecule has 0 radical (unpaired) electrons. The van der Waals surface area contributed by atoms with Gasteiger partial charge in [-0.2, -0.15) is 0 Å². The molecule has 4 aliphatic heterocycles. The van der Waals surface area contributed by atoms with Gasteiger partial charge < -0.3 is 36.6 Å². The Labute approximate surface area is 277 Å². The maximum atomic E-state index is 15.8. The molecule has 7 rings (SSSR count). The van der Waals surface area contributed by atoms with Gasteiger partial charge in [0, 0.05) is 71.5 Å². The summed E-state index contributed by atoms with van der Waals surface area (Å²) in [5.74, 6) is 0.967. The smallest absolute Gasteiger partial charge is 0.254 e. The monoisotopic (exact) mass is 667 g/mol. The number of nitrogens with two attached hydrogens (primary N) is 2. The molecule has 6 heterocycles. The van der Waals surface area contributed by atoms with Gasteiger partial charge in [0.05, 0.1) is 30.5 Å². The Morgan fingerprint density at radius 3 is 2.80 bits per heavy atom. The first-order chi connectivity index (χ1) is 22.2. The molecule has 3 saturated heterocycles. The number of rotatable bonds is 7. The number of pyridine rings is 1. The molecule has 1 aromatic carbocycles. The van der Waals surface area contributed by atoms with Crippen LogP contribution in [0.3, 0.4) is 0 Å². The van der Waals surface area contributed by atoms with Gasteiger partial charge >= 0.3 is 0 Å². The quantitative estimate of drug-likeness (QED) is 0.291. The second kappa shape index (κ2) is 12.8. The van der Waals surface area contributed by atoms with E-state index in [4.69, 9.17) is 27.8 Å². The molecule has 4 aliphatic rings. The molecule has 11 nitrogen and oxygen atoms in total. The SMILES string of the molecule is C[C@@H]1OCC2(CCN(c3cnc(Sc4ccnc(N)c4Cl)c(N)n3)CC2)[C@@H]1NCc1ccc2c(c1F)CN(C1CCCNC1)C2=O. The molecule has 0 saturated carbocycles. The molecule has 46 heavy (non-hydrogen) atoms. The lowest BCUT2D eigenvalue weighted by atomic mass is 9.73. The van der Waals surface area contributed by atoms with Crippen LogP contribution in [0.2, 0.25) is 5.02 Å². The van der Waals surface area contributed by atoms with Crippen molar-refractivity contribution >= 4 is 46.7 Å².